The third kappa shape index (κ3) is 2.69. The summed E-state index contributed by atoms with van der Waals surface area (Å²) in [4.78, 5) is 10.6. The Kier molecular flexibility index (Phi) is 4.01. The largest absolute Gasteiger partial charge is 0.507 e. The van der Waals surface area contributed by atoms with E-state index in [1.54, 1.807) is 6.92 Å². The SMILES string of the molecule is Cc1ccc([N+](=O)[O-])c([C@@H](N)C2CCOCC2)c1O. The van der Waals surface area contributed by atoms with E-state index in [0.717, 1.165) is 12.8 Å². The number of rotatable bonds is 3. The second-order valence-electron chi connectivity index (χ2n) is 4.90. The van der Waals surface area contributed by atoms with Crippen LogP contribution in [0.1, 0.15) is 30.0 Å². The van der Waals surface area contributed by atoms with Gasteiger partial charge in [0.2, 0.25) is 0 Å². The predicted molar refractivity (Wildman–Crippen MR) is 70.0 cm³/mol. The Hall–Kier alpha value is -1.66. The normalized spacial score (nSPS) is 18.2. The lowest BCUT2D eigenvalue weighted by Gasteiger charge is -2.28. The smallest absolute Gasteiger partial charge is 0.277 e. The number of nitro benzene ring substituents is 1. The molecule has 0 aliphatic carbocycles. The van der Waals surface area contributed by atoms with E-state index < -0.39 is 11.0 Å². The number of nitrogens with two attached hydrogens (primary N) is 1. The zero-order chi connectivity index (χ0) is 14.0. The van der Waals surface area contributed by atoms with Crippen molar-refractivity contribution in [2.75, 3.05) is 13.2 Å². The molecule has 1 aliphatic rings. The van der Waals surface area contributed by atoms with Gasteiger partial charge in [0.1, 0.15) is 5.75 Å². The van der Waals surface area contributed by atoms with Crippen LogP contribution in [0, 0.1) is 23.0 Å². The summed E-state index contributed by atoms with van der Waals surface area (Å²) < 4.78 is 5.27. The first-order valence-electron chi connectivity index (χ1n) is 6.32. The van der Waals surface area contributed by atoms with Crippen molar-refractivity contribution in [1.82, 2.24) is 0 Å². The van der Waals surface area contributed by atoms with E-state index in [9.17, 15) is 15.2 Å². The van der Waals surface area contributed by atoms with E-state index in [0.29, 0.717) is 18.8 Å². The Morgan fingerprint density at radius 3 is 2.68 bits per heavy atom. The van der Waals surface area contributed by atoms with Crippen LogP contribution in [0.2, 0.25) is 0 Å². The summed E-state index contributed by atoms with van der Waals surface area (Å²) in [6.45, 7) is 2.93. The standard InChI is InChI=1S/C13H18N2O4/c1-8-2-3-10(15(17)18)11(13(8)16)12(14)9-4-6-19-7-5-9/h2-3,9,12,16H,4-7,14H2,1H3/t12-/m0/s1. The van der Waals surface area contributed by atoms with Gasteiger partial charge in [0.05, 0.1) is 10.5 Å². The number of ether oxygens (including phenoxy) is 1. The lowest BCUT2D eigenvalue weighted by atomic mass is 9.86. The summed E-state index contributed by atoms with van der Waals surface area (Å²) in [5.74, 6) is 0.0355. The summed E-state index contributed by atoms with van der Waals surface area (Å²) in [5.41, 5.74) is 6.90. The first-order chi connectivity index (χ1) is 9.02. The third-order valence-electron chi connectivity index (χ3n) is 3.70. The maximum Gasteiger partial charge on any atom is 0.277 e. The second-order valence-corrected chi connectivity index (χ2v) is 4.90. The zero-order valence-corrected chi connectivity index (χ0v) is 10.8. The molecule has 0 spiro atoms. The van der Waals surface area contributed by atoms with Gasteiger partial charge in [0, 0.05) is 25.3 Å². The van der Waals surface area contributed by atoms with Gasteiger partial charge in [-0.1, -0.05) is 0 Å². The minimum atomic E-state index is -0.538. The maximum atomic E-state index is 11.1. The maximum absolute atomic E-state index is 11.1. The van der Waals surface area contributed by atoms with E-state index in [2.05, 4.69) is 0 Å². The van der Waals surface area contributed by atoms with Crippen LogP contribution >= 0.6 is 0 Å². The van der Waals surface area contributed by atoms with Crippen molar-refractivity contribution in [3.05, 3.63) is 33.4 Å². The van der Waals surface area contributed by atoms with E-state index in [-0.39, 0.29) is 22.9 Å². The molecule has 0 unspecified atom stereocenters. The fourth-order valence-electron chi connectivity index (χ4n) is 2.50. The molecule has 104 valence electrons. The van der Waals surface area contributed by atoms with Gasteiger partial charge in [-0.15, -0.1) is 0 Å². The minimum absolute atomic E-state index is 0.0619. The number of phenols is 1. The number of aromatic hydroxyl groups is 1. The highest BCUT2D eigenvalue weighted by Crippen LogP contribution is 2.40. The van der Waals surface area contributed by atoms with Gasteiger partial charge in [0.25, 0.3) is 5.69 Å². The number of hydrogen-bond acceptors (Lipinski definition) is 5. The van der Waals surface area contributed by atoms with Crippen molar-refractivity contribution in [3.8, 4) is 5.75 Å². The molecule has 2 rings (SSSR count). The average Bonchev–Trinajstić information content (AvgIpc) is 2.41. The summed E-state index contributed by atoms with van der Waals surface area (Å²) in [6.07, 6.45) is 1.51. The van der Waals surface area contributed by atoms with Crippen molar-refractivity contribution in [2.24, 2.45) is 11.7 Å². The molecule has 3 N–H and O–H groups in total. The number of benzene rings is 1. The zero-order valence-electron chi connectivity index (χ0n) is 10.8. The summed E-state index contributed by atoms with van der Waals surface area (Å²) in [7, 11) is 0. The molecule has 1 heterocycles. The Morgan fingerprint density at radius 1 is 1.47 bits per heavy atom. The van der Waals surface area contributed by atoms with Crippen LogP contribution in [0.3, 0.4) is 0 Å². The van der Waals surface area contributed by atoms with Gasteiger partial charge in [-0.05, 0) is 37.3 Å². The molecule has 0 bridgehead atoms. The highest BCUT2D eigenvalue weighted by molar-refractivity contribution is 5.54. The molecule has 6 nitrogen and oxygen atoms in total. The van der Waals surface area contributed by atoms with Crippen LogP contribution in [0.15, 0.2) is 12.1 Å². The second kappa shape index (κ2) is 5.54. The highest BCUT2D eigenvalue weighted by Gasteiger charge is 2.31. The molecule has 1 aliphatic heterocycles. The molecule has 1 atom stereocenters. The monoisotopic (exact) mass is 266 g/mol. The Bertz CT molecular complexity index is 484. The van der Waals surface area contributed by atoms with Gasteiger partial charge in [-0.25, -0.2) is 0 Å². The Morgan fingerprint density at radius 2 is 2.11 bits per heavy atom. The van der Waals surface area contributed by atoms with E-state index >= 15 is 0 Å². The summed E-state index contributed by atoms with van der Waals surface area (Å²) in [6, 6.07) is 2.40. The van der Waals surface area contributed by atoms with Gasteiger partial charge < -0.3 is 15.6 Å². The first kappa shape index (κ1) is 13.8. The summed E-state index contributed by atoms with van der Waals surface area (Å²) in [5, 5.41) is 21.2. The van der Waals surface area contributed by atoms with Crippen molar-refractivity contribution < 1.29 is 14.8 Å². The highest BCUT2D eigenvalue weighted by atomic mass is 16.6. The lowest BCUT2D eigenvalue weighted by molar-refractivity contribution is -0.385. The van der Waals surface area contributed by atoms with Crippen molar-refractivity contribution in [2.45, 2.75) is 25.8 Å². The van der Waals surface area contributed by atoms with E-state index in [1.807, 2.05) is 0 Å². The molecule has 0 saturated carbocycles. The minimum Gasteiger partial charge on any atom is -0.507 e. The molecule has 6 heteroatoms. The quantitative estimate of drug-likeness (QED) is 0.644. The molecule has 0 radical (unpaired) electrons. The number of aryl methyl sites for hydroxylation is 1. The van der Waals surface area contributed by atoms with Gasteiger partial charge in [-0.2, -0.15) is 0 Å². The van der Waals surface area contributed by atoms with Crippen LogP contribution < -0.4 is 5.73 Å². The Balaban J connectivity index is 2.41. The fourth-order valence-corrected chi connectivity index (χ4v) is 2.50. The van der Waals surface area contributed by atoms with Crippen LogP contribution in [0.4, 0.5) is 5.69 Å². The molecule has 19 heavy (non-hydrogen) atoms. The van der Waals surface area contributed by atoms with Gasteiger partial charge in [0.15, 0.2) is 0 Å². The number of phenolic OH excluding ortho intramolecular Hbond substituents is 1. The third-order valence-corrected chi connectivity index (χ3v) is 3.70. The number of nitro groups is 1. The molecule has 1 saturated heterocycles. The van der Waals surface area contributed by atoms with Crippen molar-refractivity contribution >= 4 is 5.69 Å². The fraction of sp³-hybridized carbons (Fsp3) is 0.538. The van der Waals surface area contributed by atoms with Gasteiger partial charge in [-0.3, -0.25) is 10.1 Å². The molecular formula is C13H18N2O4. The molecule has 1 aromatic rings. The molecular weight excluding hydrogens is 248 g/mol. The first-order valence-corrected chi connectivity index (χ1v) is 6.32. The van der Waals surface area contributed by atoms with Gasteiger partial charge >= 0.3 is 0 Å². The number of hydrogen-bond donors (Lipinski definition) is 2. The molecule has 1 aromatic carbocycles. The topological polar surface area (TPSA) is 98.6 Å². The van der Waals surface area contributed by atoms with E-state index in [1.165, 1.54) is 12.1 Å². The lowest BCUT2D eigenvalue weighted by Crippen LogP contribution is -2.28. The summed E-state index contributed by atoms with van der Waals surface area (Å²) >= 11 is 0. The predicted octanol–water partition coefficient (Wildman–Crippen LogP) is 2.04. The number of nitrogens with zero attached hydrogens (tertiary/aromatic N) is 1. The van der Waals surface area contributed by atoms with Crippen LogP contribution in [-0.4, -0.2) is 23.2 Å². The van der Waals surface area contributed by atoms with Crippen LogP contribution in [-0.2, 0) is 4.74 Å². The van der Waals surface area contributed by atoms with Crippen LogP contribution in [0.5, 0.6) is 5.75 Å². The van der Waals surface area contributed by atoms with E-state index in [4.69, 9.17) is 10.5 Å². The van der Waals surface area contributed by atoms with Crippen LogP contribution in [0.25, 0.3) is 0 Å². The molecule has 0 amide bonds. The molecule has 1 fully saturated rings. The average molecular weight is 266 g/mol. The molecule has 0 aromatic heterocycles. The Labute approximate surface area is 111 Å². The van der Waals surface area contributed by atoms with Crippen molar-refractivity contribution in [3.63, 3.8) is 0 Å². The van der Waals surface area contributed by atoms with Crippen molar-refractivity contribution in [1.29, 1.82) is 0 Å².